The molecule has 0 aliphatic carbocycles. The third-order valence-corrected chi connectivity index (χ3v) is 6.20. The van der Waals surface area contributed by atoms with Gasteiger partial charge >= 0.3 is 0 Å². The molecule has 0 saturated heterocycles. The molecule has 1 aliphatic rings. The van der Waals surface area contributed by atoms with Crippen molar-refractivity contribution in [3.05, 3.63) is 130 Å². The zero-order chi connectivity index (χ0) is 24.2. The van der Waals surface area contributed by atoms with E-state index in [1.807, 2.05) is 108 Å². The highest BCUT2D eigenvalue weighted by molar-refractivity contribution is 6.39. The van der Waals surface area contributed by atoms with Crippen LogP contribution in [0.2, 0.25) is 5.02 Å². The van der Waals surface area contributed by atoms with E-state index in [1.165, 1.54) is 0 Å². The van der Waals surface area contributed by atoms with Crippen LogP contribution in [-0.2, 0) is 16.1 Å². The monoisotopic (exact) mass is 479 g/mol. The van der Waals surface area contributed by atoms with Crippen LogP contribution in [0.4, 0.5) is 5.69 Å². The lowest BCUT2D eigenvalue weighted by Crippen LogP contribution is -2.26. The maximum Gasteiger partial charge on any atom is 0.259 e. The molecule has 5 heteroatoms. The topological polar surface area (TPSA) is 46.6 Å². The molecule has 0 atom stereocenters. The number of ether oxygens (including phenoxy) is 1. The number of carbonyl (C=O) groups is 2. The number of nitrogens with zero attached hydrogens (tertiary/aromatic N) is 1. The number of halogens is 1. The van der Waals surface area contributed by atoms with Crippen molar-refractivity contribution < 1.29 is 14.3 Å². The number of carbonyl (C=O) groups excluding carboxylic acids is 2. The van der Waals surface area contributed by atoms with Crippen LogP contribution in [0.3, 0.4) is 0 Å². The summed E-state index contributed by atoms with van der Waals surface area (Å²) in [6.07, 6.45) is 0.715. The van der Waals surface area contributed by atoms with Gasteiger partial charge in [-0.25, -0.2) is 0 Å². The van der Waals surface area contributed by atoms with Gasteiger partial charge in [0.05, 0.1) is 17.8 Å². The number of hydrogen-bond donors (Lipinski definition) is 0. The summed E-state index contributed by atoms with van der Waals surface area (Å²) in [5.41, 5.74) is 6.16. The molecular formula is C30H22ClNO3. The van der Waals surface area contributed by atoms with E-state index in [1.54, 1.807) is 0 Å². The Balaban J connectivity index is 1.60. The highest BCUT2D eigenvalue weighted by atomic mass is 35.5. The van der Waals surface area contributed by atoms with Crippen LogP contribution in [0, 0.1) is 0 Å². The van der Waals surface area contributed by atoms with E-state index in [0.717, 1.165) is 33.5 Å². The molecule has 0 aromatic heterocycles. The predicted molar refractivity (Wildman–Crippen MR) is 139 cm³/mol. The third kappa shape index (κ3) is 4.61. The number of hydrogen-bond acceptors (Lipinski definition) is 3. The van der Waals surface area contributed by atoms with E-state index in [0.29, 0.717) is 29.2 Å². The van der Waals surface area contributed by atoms with Crippen LogP contribution >= 0.6 is 11.6 Å². The Labute approximate surface area is 209 Å². The predicted octanol–water partition coefficient (Wildman–Crippen LogP) is 6.42. The lowest BCUT2D eigenvalue weighted by atomic mass is 9.90. The first kappa shape index (κ1) is 22.6. The normalized spacial score (nSPS) is 14.0. The molecule has 0 unspecified atom stereocenters. The highest BCUT2D eigenvalue weighted by Gasteiger charge is 2.35. The standard InChI is InChI=1S/C30H22ClNO3/c31-24-14-12-23(13-15-24)28(22-6-2-1-3-7-22)29-26-8-4-5-9-27(26)32(30(29)34)20-21-10-16-25(17-11-21)35-19-18-33/h1-18H,19-20H2/b29-28+. The minimum absolute atomic E-state index is 0.0123. The number of para-hydroxylation sites is 1. The van der Waals surface area contributed by atoms with Gasteiger partial charge in [-0.15, -0.1) is 0 Å². The first-order valence-corrected chi connectivity index (χ1v) is 11.7. The minimum Gasteiger partial charge on any atom is -0.486 e. The highest BCUT2D eigenvalue weighted by Crippen LogP contribution is 2.43. The number of rotatable bonds is 7. The molecule has 5 rings (SSSR count). The summed E-state index contributed by atoms with van der Waals surface area (Å²) in [5, 5.41) is 0.645. The van der Waals surface area contributed by atoms with Crippen LogP contribution < -0.4 is 9.64 Å². The Morgan fingerprint density at radius 3 is 2.17 bits per heavy atom. The Morgan fingerprint density at radius 2 is 1.46 bits per heavy atom. The molecule has 0 N–H and O–H groups in total. The molecule has 0 fully saturated rings. The van der Waals surface area contributed by atoms with Crippen molar-refractivity contribution in [2.45, 2.75) is 6.54 Å². The SMILES string of the molecule is O=CCOc1ccc(CN2C(=O)/C(=C(\c3ccccc3)c3ccc(Cl)cc3)c3ccccc32)cc1. The van der Waals surface area contributed by atoms with E-state index in [9.17, 15) is 9.59 Å². The maximum absolute atomic E-state index is 14.0. The Kier molecular flexibility index (Phi) is 6.47. The number of fused-ring (bicyclic) bond motifs is 1. The molecule has 0 saturated carbocycles. The second-order valence-corrected chi connectivity index (χ2v) is 8.59. The summed E-state index contributed by atoms with van der Waals surface area (Å²) in [4.78, 5) is 26.4. The Bertz CT molecular complexity index is 1390. The minimum atomic E-state index is -0.0544. The van der Waals surface area contributed by atoms with Gasteiger partial charge in [0.15, 0.2) is 6.29 Å². The molecule has 1 aliphatic heterocycles. The number of benzene rings is 4. The van der Waals surface area contributed by atoms with Crippen molar-refractivity contribution in [3.63, 3.8) is 0 Å². The van der Waals surface area contributed by atoms with Gasteiger partial charge in [-0.1, -0.05) is 84.4 Å². The van der Waals surface area contributed by atoms with Crippen LogP contribution in [-0.4, -0.2) is 18.8 Å². The van der Waals surface area contributed by atoms with Gasteiger partial charge in [-0.2, -0.15) is 0 Å². The molecule has 4 aromatic carbocycles. The van der Waals surface area contributed by atoms with Gasteiger partial charge in [-0.3, -0.25) is 9.59 Å². The summed E-state index contributed by atoms with van der Waals surface area (Å²) in [7, 11) is 0. The Hall–Kier alpha value is -4.15. The summed E-state index contributed by atoms with van der Waals surface area (Å²) >= 11 is 6.17. The molecule has 1 amide bonds. The van der Waals surface area contributed by atoms with Crippen molar-refractivity contribution in [2.24, 2.45) is 0 Å². The van der Waals surface area contributed by atoms with Gasteiger partial charge in [0.2, 0.25) is 0 Å². The molecule has 4 aromatic rings. The first-order valence-electron chi connectivity index (χ1n) is 11.3. The number of anilines is 1. The Morgan fingerprint density at radius 1 is 0.800 bits per heavy atom. The lowest BCUT2D eigenvalue weighted by Gasteiger charge is -2.18. The zero-order valence-corrected chi connectivity index (χ0v) is 19.6. The van der Waals surface area contributed by atoms with Gasteiger partial charge in [0.25, 0.3) is 5.91 Å². The molecule has 4 nitrogen and oxygen atoms in total. The molecule has 0 radical (unpaired) electrons. The van der Waals surface area contributed by atoms with E-state index in [-0.39, 0.29) is 12.5 Å². The van der Waals surface area contributed by atoms with Crippen LogP contribution in [0.25, 0.3) is 11.1 Å². The number of aldehydes is 1. The maximum atomic E-state index is 14.0. The van der Waals surface area contributed by atoms with Crippen LogP contribution in [0.1, 0.15) is 22.3 Å². The second-order valence-electron chi connectivity index (χ2n) is 8.15. The van der Waals surface area contributed by atoms with E-state index in [2.05, 4.69) is 0 Å². The first-order chi connectivity index (χ1) is 17.2. The number of amides is 1. The van der Waals surface area contributed by atoms with Gasteiger partial charge < -0.3 is 9.64 Å². The summed E-state index contributed by atoms with van der Waals surface area (Å²) < 4.78 is 5.35. The van der Waals surface area contributed by atoms with Crippen molar-refractivity contribution in [1.29, 1.82) is 0 Å². The third-order valence-electron chi connectivity index (χ3n) is 5.95. The molecule has 172 valence electrons. The molecule has 0 bridgehead atoms. The second kappa shape index (κ2) is 10.00. The van der Waals surface area contributed by atoms with Crippen molar-refractivity contribution >= 4 is 40.6 Å². The fraction of sp³-hybridized carbons (Fsp3) is 0.0667. The van der Waals surface area contributed by atoms with E-state index >= 15 is 0 Å². The zero-order valence-electron chi connectivity index (χ0n) is 18.9. The van der Waals surface area contributed by atoms with E-state index in [4.69, 9.17) is 16.3 Å². The fourth-order valence-corrected chi connectivity index (χ4v) is 4.49. The van der Waals surface area contributed by atoms with Crippen LogP contribution in [0.5, 0.6) is 5.75 Å². The molecule has 1 heterocycles. The van der Waals surface area contributed by atoms with Gasteiger partial charge in [0, 0.05) is 16.2 Å². The van der Waals surface area contributed by atoms with Gasteiger partial charge in [-0.05, 0) is 47.0 Å². The summed E-state index contributed by atoms with van der Waals surface area (Å²) in [6.45, 7) is 0.425. The van der Waals surface area contributed by atoms with Crippen molar-refractivity contribution in [2.75, 3.05) is 11.5 Å². The van der Waals surface area contributed by atoms with E-state index < -0.39 is 0 Å². The average molecular weight is 480 g/mol. The fourth-order valence-electron chi connectivity index (χ4n) is 4.36. The molecule has 0 spiro atoms. The summed E-state index contributed by atoms with van der Waals surface area (Å²) in [5.74, 6) is 0.560. The average Bonchev–Trinajstić information content (AvgIpc) is 3.17. The molecule has 35 heavy (non-hydrogen) atoms. The smallest absolute Gasteiger partial charge is 0.259 e. The van der Waals surface area contributed by atoms with Crippen molar-refractivity contribution in [1.82, 2.24) is 0 Å². The molecular weight excluding hydrogens is 458 g/mol. The van der Waals surface area contributed by atoms with Crippen LogP contribution in [0.15, 0.2) is 103 Å². The van der Waals surface area contributed by atoms with Crippen molar-refractivity contribution in [3.8, 4) is 5.75 Å². The summed E-state index contributed by atoms with van der Waals surface area (Å²) in [6, 6.07) is 32.9. The quantitative estimate of drug-likeness (QED) is 0.227. The lowest BCUT2D eigenvalue weighted by molar-refractivity contribution is -0.113. The van der Waals surface area contributed by atoms with Gasteiger partial charge in [0.1, 0.15) is 12.4 Å². The largest absolute Gasteiger partial charge is 0.486 e.